The number of aliphatic hydroxyl groups excluding tert-OH is 1. The van der Waals surface area contributed by atoms with Crippen LogP contribution in [0.1, 0.15) is 15.9 Å². The molecule has 3 rings (SSSR count). The number of hydrogen-bond acceptors (Lipinski definition) is 2. The predicted molar refractivity (Wildman–Crippen MR) is 57.8 cm³/mol. The Labute approximate surface area is 90.5 Å². The van der Waals surface area contributed by atoms with Crippen molar-refractivity contribution in [3.63, 3.8) is 0 Å². The molecule has 1 aliphatic rings. The number of anilines is 1. The van der Waals surface area contributed by atoms with E-state index in [9.17, 15) is 9.18 Å². The molecule has 16 heavy (non-hydrogen) atoms. The van der Waals surface area contributed by atoms with Gasteiger partial charge in [0.1, 0.15) is 5.82 Å². The van der Waals surface area contributed by atoms with Gasteiger partial charge in [-0.15, -0.1) is 0 Å². The largest absolute Gasteiger partial charge is 0.392 e. The van der Waals surface area contributed by atoms with E-state index in [2.05, 4.69) is 5.32 Å². The zero-order chi connectivity index (χ0) is 11.3. The van der Waals surface area contributed by atoms with E-state index in [1.807, 2.05) is 0 Å². The maximum atomic E-state index is 13.6. The topological polar surface area (TPSA) is 49.3 Å². The monoisotopic (exact) mass is 217 g/mol. The highest BCUT2D eigenvalue weighted by molar-refractivity contribution is 6.24. The highest BCUT2D eigenvalue weighted by atomic mass is 19.1. The molecule has 0 fully saturated rings. The summed E-state index contributed by atoms with van der Waals surface area (Å²) >= 11 is 0. The third-order valence-corrected chi connectivity index (χ3v) is 2.80. The van der Waals surface area contributed by atoms with Crippen molar-refractivity contribution in [1.82, 2.24) is 0 Å². The van der Waals surface area contributed by atoms with Crippen molar-refractivity contribution in [2.45, 2.75) is 6.61 Å². The summed E-state index contributed by atoms with van der Waals surface area (Å²) in [5.41, 5.74) is 1.59. The van der Waals surface area contributed by atoms with E-state index in [0.717, 1.165) is 0 Å². The van der Waals surface area contributed by atoms with Gasteiger partial charge in [-0.1, -0.05) is 0 Å². The quantitative estimate of drug-likeness (QED) is 0.767. The van der Waals surface area contributed by atoms with Gasteiger partial charge in [-0.05, 0) is 29.8 Å². The molecule has 0 spiro atoms. The summed E-state index contributed by atoms with van der Waals surface area (Å²) in [7, 11) is 0. The van der Waals surface area contributed by atoms with Gasteiger partial charge in [-0.2, -0.15) is 0 Å². The molecule has 1 amide bonds. The standard InChI is InChI=1S/C12H8FNO2/c13-9-1-2-10-11-7(9)3-6(5-15)4-8(11)12(16)14-10/h1-4,15H,5H2,(H,14,16). The Hall–Kier alpha value is -1.94. The van der Waals surface area contributed by atoms with Crippen LogP contribution in [0.5, 0.6) is 0 Å². The minimum atomic E-state index is -0.383. The van der Waals surface area contributed by atoms with Crippen molar-refractivity contribution in [2.75, 3.05) is 5.32 Å². The van der Waals surface area contributed by atoms with E-state index in [-0.39, 0.29) is 18.3 Å². The summed E-state index contributed by atoms with van der Waals surface area (Å²) in [6.07, 6.45) is 0. The summed E-state index contributed by atoms with van der Waals surface area (Å²) in [5.74, 6) is -0.632. The highest BCUT2D eigenvalue weighted by Gasteiger charge is 2.23. The van der Waals surface area contributed by atoms with Crippen LogP contribution in [0.4, 0.5) is 10.1 Å². The van der Waals surface area contributed by atoms with E-state index in [1.165, 1.54) is 6.07 Å². The smallest absolute Gasteiger partial charge is 0.256 e. The van der Waals surface area contributed by atoms with Gasteiger partial charge in [0.2, 0.25) is 0 Å². The minimum Gasteiger partial charge on any atom is -0.392 e. The Kier molecular flexibility index (Phi) is 1.76. The fourth-order valence-corrected chi connectivity index (χ4v) is 2.07. The molecule has 4 heteroatoms. The molecule has 0 radical (unpaired) electrons. The number of amides is 1. The van der Waals surface area contributed by atoms with E-state index < -0.39 is 0 Å². The van der Waals surface area contributed by atoms with Crippen LogP contribution >= 0.6 is 0 Å². The fourth-order valence-electron chi connectivity index (χ4n) is 2.07. The molecule has 2 aromatic rings. The third kappa shape index (κ3) is 1.07. The van der Waals surface area contributed by atoms with E-state index in [4.69, 9.17) is 5.11 Å². The normalized spacial score (nSPS) is 13.2. The van der Waals surface area contributed by atoms with Gasteiger partial charge >= 0.3 is 0 Å². The van der Waals surface area contributed by atoms with Crippen molar-refractivity contribution in [3.8, 4) is 0 Å². The van der Waals surface area contributed by atoms with Crippen LogP contribution in [0.2, 0.25) is 0 Å². The van der Waals surface area contributed by atoms with Gasteiger partial charge in [0.15, 0.2) is 0 Å². The fraction of sp³-hybridized carbons (Fsp3) is 0.0833. The van der Waals surface area contributed by atoms with Crippen molar-refractivity contribution in [2.24, 2.45) is 0 Å². The number of benzene rings is 2. The van der Waals surface area contributed by atoms with Crippen LogP contribution in [0.15, 0.2) is 24.3 Å². The summed E-state index contributed by atoms with van der Waals surface area (Å²) < 4.78 is 13.6. The van der Waals surface area contributed by atoms with Gasteiger partial charge in [-0.3, -0.25) is 4.79 Å². The molecule has 0 atom stereocenters. The number of halogens is 1. The zero-order valence-corrected chi connectivity index (χ0v) is 8.25. The summed E-state index contributed by atoms with van der Waals surface area (Å²) in [6.45, 7) is -0.208. The summed E-state index contributed by atoms with van der Waals surface area (Å²) in [5, 5.41) is 12.7. The second-order valence-corrected chi connectivity index (χ2v) is 3.77. The van der Waals surface area contributed by atoms with Crippen LogP contribution < -0.4 is 5.32 Å². The zero-order valence-electron chi connectivity index (χ0n) is 8.25. The van der Waals surface area contributed by atoms with Crippen molar-refractivity contribution < 1.29 is 14.3 Å². The van der Waals surface area contributed by atoms with Crippen LogP contribution in [-0.4, -0.2) is 11.0 Å². The van der Waals surface area contributed by atoms with Crippen molar-refractivity contribution in [1.29, 1.82) is 0 Å². The molecule has 2 aromatic carbocycles. The van der Waals surface area contributed by atoms with Gasteiger partial charge in [0, 0.05) is 16.5 Å². The van der Waals surface area contributed by atoms with Gasteiger partial charge < -0.3 is 10.4 Å². The number of carbonyl (C=O) groups excluding carboxylic acids is 1. The lowest BCUT2D eigenvalue weighted by atomic mass is 10.0. The molecule has 80 valence electrons. The van der Waals surface area contributed by atoms with Crippen LogP contribution in [-0.2, 0) is 6.61 Å². The Balaban J connectivity index is 2.49. The molecule has 3 nitrogen and oxygen atoms in total. The molecule has 0 unspecified atom stereocenters. The average Bonchev–Trinajstić information content (AvgIpc) is 2.62. The Morgan fingerprint density at radius 3 is 2.88 bits per heavy atom. The second kappa shape index (κ2) is 3.02. The number of nitrogens with one attached hydrogen (secondary N) is 1. The van der Waals surface area contributed by atoms with Gasteiger partial charge in [-0.25, -0.2) is 4.39 Å². The molecule has 2 N–H and O–H groups in total. The van der Waals surface area contributed by atoms with Crippen molar-refractivity contribution in [3.05, 3.63) is 41.2 Å². The Morgan fingerprint density at radius 1 is 1.31 bits per heavy atom. The first kappa shape index (κ1) is 9.30. The maximum Gasteiger partial charge on any atom is 0.256 e. The lowest BCUT2D eigenvalue weighted by molar-refractivity contribution is 0.103. The predicted octanol–water partition coefficient (Wildman–Crippen LogP) is 2.04. The molecular weight excluding hydrogens is 209 g/mol. The number of aliphatic hydroxyl groups is 1. The average molecular weight is 217 g/mol. The molecule has 0 saturated carbocycles. The van der Waals surface area contributed by atoms with E-state index in [0.29, 0.717) is 27.6 Å². The summed E-state index contributed by atoms with van der Waals surface area (Å²) in [4.78, 5) is 11.6. The molecule has 0 bridgehead atoms. The van der Waals surface area contributed by atoms with E-state index >= 15 is 0 Å². The Bertz CT molecular complexity index is 622. The number of hydrogen-bond donors (Lipinski definition) is 2. The maximum absolute atomic E-state index is 13.6. The number of carbonyl (C=O) groups is 1. The lowest BCUT2D eigenvalue weighted by Gasteiger charge is -2.03. The summed E-state index contributed by atoms with van der Waals surface area (Å²) in [6, 6.07) is 6.02. The van der Waals surface area contributed by atoms with E-state index in [1.54, 1.807) is 18.2 Å². The molecule has 0 aromatic heterocycles. The van der Waals surface area contributed by atoms with Crippen molar-refractivity contribution >= 4 is 22.4 Å². The first-order valence-corrected chi connectivity index (χ1v) is 4.88. The van der Waals surface area contributed by atoms with Gasteiger partial charge in [0.25, 0.3) is 5.91 Å². The lowest BCUT2D eigenvalue weighted by Crippen LogP contribution is -2.04. The highest BCUT2D eigenvalue weighted by Crippen LogP contribution is 2.35. The Morgan fingerprint density at radius 2 is 2.12 bits per heavy atom. The first-order chi connectivity index (χ1) is 7.70. The molecule has 0 aliphatic carbocycles. The van der Waals surface area contributed by atoms with Crippen LogP contribution in [0.3, 0.4) is 0 Å². The second-order valence-electron chi connectivity index (χ2n) is 3.77. The molecular formula is C12H8FNO2. The minimum absolute atomic E-state index is 0.208. The number of rotatable bonds is 1. The van der Waals surface area contributed by atoms with Crippen LogP contribution in [0.25, 0.3) is 10.8 Å². The van der Waals surface area contributed by atoms with Crippen LogP contribution in [0, 0.1) is 5.82 Å². The third-order valence-electron chi connectivity index (χ3n) is 2.80. The molecule has 0 saturated heterocycles. The SMILES string of the molecule is O=C1Nc2ccc(F)c3cc(CO)cc1c23. The van der Waals surface area contributed by atoms with Gasteiger partial charge in [0.05, 0.1) is 12.2 Å². The first-order valence-electron chi connectivity index (χ1n) is 4.88. The molecule has 1 aliphatic heterocycles. The molecule has 1 heterocycles.